The van der Waals surface area contributed by atoms with Gasteiger partial charge in [0, 0.05) is 29.7 Å². The Morgan fingerprint density at radius 3 is 2.62 bits per heavy atom. The van der Waals surface area contributed by atoms with Gasteiger partial charge in [0.2, 0.25) is 5.91 Å². The number of benzene rings is 2. The van der Waals surface area contributed by atoms with E-state index in [-0.39, 0.29) is 18.2 Å². The molecule has 0 saturated carbocycles. The second-order valence-corrected chi connectivity index (χ2v) is 5.91. The smallest absolute Gasteiger partial charge is 0.253 e. The van der Waals surface area contributed by atoms with E-state index in [1.165, 1.54) is 0 Å². The standard InChI is InChI=1S/C20H21N3O3/c1-3-23(4-2)20(25)14-8-7-9-15(12-14)21-19(24)13-17-16-10-5-6-11-18(16)26-22-17/h5-12H,3-4,13H2,1-2H3,(H,21,24). The van der Waals surface area contributed by atoms with Crippen molar-refractivity contribution < 1.29 is 14.1 Å². The number of fused-ring (bicyclic) bond motifs is 1. The fraction of sp³-hybridized carbons (Fsp3) is 0.250. The Morgan fingerprint density at radius 1 is 1.08 bits per heavy atom. The van der Waals surface area contributed by atoms with E-state index in [1.807, 2.05) is 38.1 Å². The summed E-state index contributed by atoms with van der Waals surface area (Å²) in [4.78, 5) is 26.5. The first-order valence-electron chi connectivity index (χ1n) is 8.64. The van der Waals surface area contributed by atoms with E-state index in [1.54, 1.807) is 29.2 Å². The van der Waals surface area contributed by atoms with E-state index < -0.39 is 0 Å². The predicted octanol–water partition coefficient (Wildman–Crippen LogP) is 3.49. The first-order valence-corrected chi connectivity index (χ1v) is 8.64. The minimum absolute atomic E-state index is 0.0476. The van der Waals surface area contributed by atoms with E-state index >= 15 is 0 Å². The summed E-state index contributed by atoms with van der Waals surface area (Å²) in [5, 5.41) is 7.62. The molecular formula is C20H21N3O3. The van der Waals surface area contributed by atoms with Gasteiger partial charge in [0.25, 0.3) is 5.91 Å². The van der Waals surface area contributed by atoms with Crippen molar-refractivity contribution in [2.45, 2.75) is 20.3 Å². The molecule has 0 radical (unpaired) electrons. The van der Waals surface area contributed by atoms with Crippen LogP contribution in [0.15, 0.2) is 53.1 Å². The maximum Gasteiger partial charge on any atom is 0.253 e. The molecule has 0 unspecified atom stereocenters. The van der Waals surface area contributed by atoms with Crippen LogP contribution in [0.1, 0.15) is 29.9 Å². The van der Waals surface area contributed by atoms with Crippen LogP contribution in [0.3, 0.4) is 0 Å². The van der Waals surface area contributed by atoms with E-state index in [0.717, 1.165) is 5.39 Å². The molecule has 0 aliphatic rings. The van der Waals surface area contributed by atoms with E-state index in [2.05, 4.69) is 10.5 Å². The number of hydrogen-bond acceptors (Lipinski definition) is 4. The Balaban J connectivity index is 1.71. The lowest BCUT2D eigenvalue weighted by Gasteiger charge is -2.19. The van der Waals surface area contributed by atoms with Crippen LogP contribution in [-0.2, 0) is 11.2 Å². The lowest BCUT2D eigenvalue weighted by atomic mass is 10.1. The summed E-state index contributed by atoms with van der Waals surface area (Å²) in [7, 11) is 0. The number of amides is 2. The Labute approximate surface area is 151 Å². The Kier molecular flexibility index (Phi) is 5.31. The molecule has 0 aliphatic carbocycles. The van der Waals surface area contributed by atoms with Crippen LogP contribution in [0.5, 0.6) is 0 Å². The van der Waals surface area contributed by atoms with Gasteiger partial charge >= 0.3 is 0 Å². The van der Waals surface area contributed by atoms with Crippen LogP contribution < -0.4 is 5.32 Å². The van der Waals surface area contributed by atoms with Crippen molar-refractivity contribution in [2.24, 2.45) is 0 Å². The van der Waals surface area contributed by atoms with Gasteiger partial charge in [-0.05, 0) is 44.2 Å². The van der Waals surface area contributed by atoms with Crippen molar-refractivity contribution in [3.8, 4) is 0 Å². The predicted molar refractivity (Wildman–Crippen MR) is 100 cm³/mol. The lowest BCUT2D eigenvalue weighted by molar-refractivity contribution is -0.115. The molecule has 0 bridgehead atoms. The van der Waals surface area contributed by atoms with E-state index in [0.29, 0.717) is 35.6 Å². The average molecular weight is 351 g/mol. The fourth-order valence-corrected chi connectivity index (χ4v) is 2.85. The molecule has 1 N–H and O–H groups in total. The highest BCUT2D eigenvalue weighted by Gasteiger charge is 2.15. The third kappa shape index (κ3) is 3.74. The number of aromatic nitrogens is 1. The third-order valence-corrected chi connectivity index (χ3v) is 4.22. The van der Waals surface area contributed by atoms with Crippen molar-refractivity contribution in [2.75, 3.05) is 18.4 Å². The van der Waals surface area contributed by atoms with Crippen molar-refractivity contribution in [1.82, 2.24) is 10.1 Å². The molecule has 2 amide bonds. The Bertz CT molecular complexity index is 929. The summed E-state index contributed by atoms with van der Waals surface area (Å²) in [6.45, 7) is 5.17. The lowest BCUT2D eigenvalue weighted by Crippen LogP contribution is -2.30. The van der Waals surface area contributed by atoms with Gasteiger partial charge in [0.1, 0.15) is 5.69 Å². The number of hydrogen-bond donors (Lipinski definition) is 1. The van der Waals surface area contributed by atoms with Gasteiger partial charge in [-0.1, -0.05) is 23.4 Å². The molecule has 0 spiro atoms. The topological polar surface area (TPSA) is 75.4 Å². The molecule has 1 heterocycles. The highest BCUT2D eigenvalue weighted by atomic mass is 16.5. The van der Waals surface area contributed by atoms with Crippen molar-refractivity contribution in [1.29, 1.82) is 0 Å². The minimum Gasteiger partial charge on any atom is -0.356 e. The number of nitrogens with zero attached hydrogens (tertiary/aromatic N) is 2. The number of anilines is 1. The Morgan fingerprint density at radius 2 is 1.85 bits per heavy atom. The van der Waals surface area contributed by atoms with Gasteiger partial charge in [-0.3, -0.25) is 9.59 Å². The van der Waals surface area contributed by atoms with Crippen LogP contribution in [-0.4, -0.2) is 35.0 Å². The van der Waals surface area contributed by atoms with Crippen LogP contribution in [0.2, 0.25) is 0 Å². The fourth-order valence-electron chi connectivity index (χ4n) is 2.85. The van der Waals surface area contributed by atoms with Crippen LogP contribution in [0, 0.1) is 0 Å². The van der Waals surface area contributed by atoms with Crippen molar-refractivity contribution in [3.63, 3.8) is 0 Å². The van der Waals surface area contributed by atoms with E-state index in [9.17, 15) is 9.59 Å². The summed E-state index contributed by atoms with van der Waals surface area (Å²) >= 11 is 0. The zero-order valence-electron chi connectivity index (χ0n) is 14.9. The molecule has 6 heteroatoms. The van der Waals surface area contributed by atoms with Gasteiger partial charge in [0.15, 0.2) is 5.58 Å². The molecule has 0 atom stereocenters. The molecular weight excluding hydrogens is 330 g/mol. The summed E-state index contributed by atoms with van der Waals surface area (Å²) in [5.74, 6) is -0.259. The van der Waals surface area contributed by atoms with Crippen LogP contribution >= 0.6 is 0 Å². The summed E-state index contributed by atoms with van der Waals surface area (Å²) < 4.78 is 5.22. The van der Waals surface area contributed by atoms with Gasteiger partial charge in [-0.2, -0.15) is 0 Å². The van der Waals surface area contributed by atoms with Crippen molar-refractivity contribution in [3.05, 3.63) is 59.8 Å². The monoisotopic (exact) mass is 351 g/mol. The van der Waals surface area contributed by atoms with Gasteiger partial charge in [0.05, 0.1) is 6.42 Å². The number of rotatable bonds is 6. The third-order valence-electron chi connectivity index (χ3n) is 4.22. The number of carbonyl (C=O) groups excluding carboxylic acids is 2. The maximum atomic E-state index is 12.4. The van der Waals surface area contributed by atoms with Crippen LogP contribution in [0.25, 0.3) is 11.0 Å². The average Bonchev–Trinajstić information content (AvgIpc) is 3.06. The Hall–Kier alpha value is -3.15. The highest BCUT2D eigenvalue weighted by molar-refractivity contribution is 5.98. The quantitative estimate of drug-likeness (QED) is 0.737. The molecule has 3 rings (SSSR count). The molecule has 0 fully saturated rings. The second kappa shape index (κ2) is 7.82. The number of carbonyl (C=O) groups is 2. The van der Waals surface area contributed by atoms with Gasteiger partial charge < -0.3 is 14.7 Å². The summed E-state index contributed by atoms with van der Waals surface area (Å²) in [6.07, 6.45) is 0.102. The molecule has 2 aromatic carbocycles. The van der Waals surface area contributed by atoms with Crippen LogP contribution in [0.4, 0.5) is 5.69 Å². The largest absolute Gasteiger partial charge is 0.356 e. The first kappa shape index (κ1) is 17.7. The van der Waals surface area contributed by atoms with Gasteiger partial charge in [-0.15, -0.1) is 0 Å². The molecule has 0 aliphatic heterocycles. The van der Waals surface area contributed by atoms with Crippen molar-refractivity contribution >= 4 is 28.5 Å². The zero-order chi connectivity index (χ0) is 18.5. The zero-order valence-corrected chi connectivity index (χ0v) is 14.9. The summed E-state index contributed by atoms with van der Waals surface area (Å²) in [6, 6.07) is 14.4. The maximum absolute atomic E-state index is 12.4. The molecule has 0 saturated heterocycles. The molecule has 3 aromatic rings. The minimum atomic E-state index is -0.212. The number of nitrogens with one attached hydrogen (secondary N) is 1. The highest BCUT2D eigenvalue weighted by Crippen LogP contribution is 2.19. The first-order chi connectivity index (χ1) is 12.6. The SMILES string of the molecule is CCN(CC)C(=O)c1cccc(NC(=O)Cc2noc3ccccc23)c1. The molecule has 6 nitrogen and oxygen atoms in total. The second-order valence-electron chi connectivity index (χ2n) is 5.91. The molecule has 1 aromatic heterocycles. The van der Waals surface area contributed by atoms with E-state index in [4.69, 9.17) is 4.52 Å². The summed E-state index contributed by atoms with van der Waals surface area (Å²) in [5.41, 5.74) is 2.38. The number of para-hydroxylation sites is 1. The molecule has 26 heavy (non-hydrogen) atoms. The normalized spacial score (nSPS) is 10.7. The molecule has 134 valence electrons. The van der Waals surface area contributed by atoms with Gasteiger partial charge in [-0.25, -0.2) is 0 Å².